The molecule has 3 rings (SSSR count). The number of aliphatic hydroxyl groups is 1. The van der Waals surface area contributed by atoms with Gasteiger partial charge in [-0.3, -0.25) is 5.10 Å². The predicted octanol–water partition coefficient (Wildman–Crippen LogP) is 5.50. The van der Waals surface area contributed by atoms with Crippen molar-refractivity contribution in [2.75, 3.05) is 0 Å². The summed E-state index contributed by atoms with van der Waals surface area (Å²) < 4.78 is 47.1. The molecule has 0 saturated heterocycles. The van der Waals surface area contributed by atoms with Crippen LogP contribution in [0.4, 0.5) is 13.2 Å². The molecule has 9 heteroatoms. The number of ether oxygens (including phenoxy) is 1. The summed E-state index contributed by atoms with van der Waals surface area (Å²) >= 11 is 5.81. The fourth-order valence-corrected chi connectivity index (χ4v) is 3.32. The van der Waals surface area contributed by atoms with Crippen LogP contribution in [0.2, 0.25) is 5.02 Å². The number of aromatic nitrogens is 3. The molecular weight excluding hydrogens is 407 g/mol. The van der Waals surface area contributed by atoms with Crippen LogP contribution in [0.5, 0.6) is 11.5 Å². The van der Waals surface area contributed by atoms with Gasteiger partial charge in [-0.25, -0.2) is 4.98 Å². The zero-order valence-electron chi connectivity index (χ0n) is 15.5. The Morgan fingerprint density at radius 1 is 1.07 bits per heavy atom. The van der Waals surface area contributed by atoms with Crippen LogP contribution in [-0.2, 0) is 18.2 Å². The lowest BCUT2D eigenvalue weighted by molar-refractivity contribution is -0.141. The zero-order valence-corrected chi connectivity index (χ0v) is 16.3. The Labute approximate surface area is 170 Å². The van der Waals surface area contributed by atoms with E-state index in [0.717, 1.165) is 6.07 Å². The van der Waals surface area contributed by atoms with Crippen molar-refractivity contribution in [2.24, 2.45) is 0 Å². The van der Waals surface area contributed by atoms with Crippen molar-refractivity contribution in [3.05, 3.63) is 70.8 Å². The zero-order chi connectivity index (χ0) is 21.1. The van der Waals surface area contributed by atoms with Gasteiger partial charge in [0.15, 0.2) is 0 Å². The maximum absolute atomic E-state index is 13.8. The van der Waals surface area contributed by atoms with Crippen molar-refractivity contribution in [3.8, 4) is 11.5 Å². The number of alkyl halides is 3. The summed E-state index contributed by atoms with van der Waals surface area (Å²) in [5.74, 6) is 0.651. The molecule has 1 unspecified atom stereocenters. The Hall–Kier alpha value is -2.58. The molecule has 5 nitrogen and oxygen atoms in total. The van der Waals surface area contributed by atoms with Crippen LogP contribution in [0, 0.1) is 0 Å². The first-order valence-corrected chi connectivity index (χ1v) is 9.31. The number of nitrogens with one attached hydrogen (secondary N) is 1. The lowest BCUT2D eigenvalue weighted by Gasteiger charge is -2.30. The van der Waals surface area contributed by atoms with E-state index < -0.39 is 17.3 Å². The van der Waals surface area contributed by atoms with Gasteiger partial charge in [0.25, 0.3) is 0 Å². The average Bonchev–Trinajstić information content (AvgIpc) is 3.16. The van der Waals surface area contributed by atoms with Crippen molar-refractivity contribution in [2.45, 2.75) is 38.0 Å². The Bertz CT molecular complexity index is 947. The van der Waals surface area contributed by atoms with Gasteiger partial charge in [-0.15, -0.1) is 0 Å². The predicted molar refractivity (Wildman–Crippen MR) is 102 cm³/mol. The number of aromatic amines is 1. The summed E-state index contributed by atoms with van der Waals surface area (Å²) in [5.41, 5.74) is -2.95. The third-order valence-electron chi connectivity index (χ3n) is 4.44. The topological polar surface area (TPSA) is 71.0 Å². The molecule has 0 fully saturated rings. The molecule has 0 saturated carbocycles. The minimum Gasteiger partial charge on any atom is -0.457 e. The molecule has 0 bridgehead atoms. The molecule has 1 heterocycles. The van der Waals surface area contributed by atoms with Crippen LogP contribution in [0.3, 0.4) is 0 Å². The molecule has 0 radical (unpaired) electrons. The fraction of sp³-hybridized carbons (Fsp3) is 0.300. The lowest BCUT2D eigenvalue weighted by Crippen LogP contribution is -2.32. The normalized spacial score (nSPS) is 13.9. The van der Waals surface area contributed by atoms with Gasteiger partial charge in [0, 0.05) is 11.4 Å². The van der Waals surface area contributed by atoms with Gasteiger partial charge in [0.2, 0.25) is 0 Å². The molecular formula is C20H19ClF3N3O2. The van der Waals surface area contributed by atoms with Crippen LogP contribution in [0.25, 0.3) is 0 Å². The van der Waals surface area contributed by atoms with Gasteiger partial charge in [-0.2, -0.15) is 18.3 Å². The third-order valence-corrected chi connectivity index (χ3v) is 4.69. The van der Waals surface area contributed by atoms with Crippen molar-refractivity contribution < 1.29 is 23.0 Å². The number of hydrogen-bond donors (Lipinski definition) is 2. The summed E-state index contributed by atoms with van der Waals surface area (Å²) in [6.45, 7) is 1.79. The second kappa shape index (κ2) is 8.42. The Morgan fingerprint density at radius 2 is 1.76 bits per heavy atom. The minimum absolute atomic E-state index is 0.00177. The molecule has 0 aliphatic heterocycles. The van der Waals surface area contributed by atoms with E-state index in [1.807, 2.05) is 0 Å². The summed E-state index contributed by atoms with van der Waals surface area (Å²) in [4.78, 5) is 3.94. The first kappa shape index (κ1) is 21.1. The van der Waals surface area contributed by atoms with Gasteiger partial charge in [-0.05, 0) is 48.4 Å². The monoisotopic (exact) mass is 425 g/mol. The first-order valence-electron chi connectivity index (χ1n) is 8.93. The highest BCUT2D eigenvalue weighted by Crippen LogP contribution is 2.42. The minimum atomic E-state index is -4.68. The number of H-pyrrole nitrogens is 1. The highest BCUT2D eigenvalue weighted by molar-refractivity contribution is 6.30. The van der Waals surface area contributed by atoms with E-state index >= 15 is 0 Å². The van der Waals surface area contributed by atoms with Crippen LogP contribution in [0.15, 0.2) is 48.8 Å². The van der Waals surface area contributed by atoms with Crippen molar-refractivity contribution in [1.82, 2.24) is 15.2 Å². The van der Waals surface area contributed by atoms with Crippen molar-refractivity contribution >= 4 is 11.6 Å². The van der Waals surface area contributed by atoms with Crippen LogP contribution < -0.4 is 4.74 Å². The van der Waals surface area contributed by atoms with Gasteiger partial charge < -0.3 is 9.84 Å². The van der Waals surface area contributed by atoms with E-state index in [-0.39, 0.29) is 24.2 Å². The largest absolute Gasteiger partial charge is 0.457 e. The standard InChI is InChI=1S/C20H19ClF3N3O2/c1-2-9-19(28,11-18-25-12-26-27-18)16-8-7-15(10-17(16)20(22,23)24)29-14-5-3-13(21)4-6-14/h3-8,10,12,28H,2,9,11H2,1H3,(H,25,26,27). The van der Waals surface area contributed by atoms with E-state index in [1.54, 1.807) is 31.2 Å². The van der Waals surface area contributed by atoms with Crippen LogP contribution >= 0.6 is 11.6 Å². The van der Waals surface area contributed by atoms with E-state index in [4.69, 9.17) is 16.3 Å². The van der Waals surface area contributed by atoms with Crippen molar-refractivity contribution in [1.29, 1.82) is 0 Å². The number of hydrogen-bond acceptors (Lipinski definition) is 4. The highest BCUT2D eigenvalue weighted by atomic mass is 35.5. The van der Waals surface area contributed by atoms with E-state index in [0.29, 0.717) is 23.0 Å². The molecule has 29 heavy (non-hydrogen) atoms. The summed E-state index contributed by atoms with van der Waals surface area (Å²) in [7, 11) is 0. The van der Waals surface area contributed by atoms with Crippen molar-refractivity contribution in [3.63, 3.8) is 0 Å². The Kier molecular flexibility index (Phi) is 6.14. The molecule has 154 valence electrons. The molecule has 2 N–H and O–H groups in total. The smallest absolute Gasteiger partial charge is 0.416 e. The first-order chi connectivity index (χ1) is 13.7. The van der Waals surface area contributed by atoms with E-state index in [2.05, 4.69) is 15.2 Å². The lowest BCUT2D eigenvalue weighted by atomic mass is 9.83. The quantitative estimate of drug-likeness (QED) is 0.524. The molecule has 0 spiro atoms. The Balaban J connectivity index is 2.01. The molecule has 3 aromatic rings. The fourth-order valence-electron chi connectivity index (χ4n) is 3.19. The average molecular weight is 426 g/mol. The molecule has 1 aromatic heterocycles. The van der Waals surface area contributed by atoms with Crippen LogP contribution in [-0.4, -0.2) is 20.3 Å². The SMILES string of the molecule is CCCC(O)(Cc1ncn[nH]1)c1ccc(Oc2ccc(Cl)cc2)cc1C(F)(F)F. The second-order valence-electron chi connectivity index (χ2n) is 6.65. The molecule has 1 atom stereocenters. The van der Waals surface area contributed by atoms with Gasteiger partial charge in [-0.1, -0.05) is 31.0 Å². The second-order valence-corrected chi connectivity index (χ2v) is 7.09. The summed E-state index contributed by atoms with van der Waals surface area (Å²) in [6.07, 6.45) is -2.96. The number of nitrogens with zero attached hydrogens (tertiary/aromatic N) is 2. The van der Waals surface area contributed by atoms with Gasteiger partial charge in [0.1, 0.15) is 23.7 Å². The van der Waals surface area contributed by atoms with Crippen LogP contribution in [0.1, 0.15) is 36.7 Å². The molecule has 0 aliphatic rings. The maximum Gasteiger partial charge on any atom is 0.416 e. The van der Waals surface area contributed by atoms with E-state index in [1.165, 1.54) is 18.5 Å². The number of rotatable bonds is 7. The number of benzene rings is 2. The molecule has 2 aromatic carbocycles. The maximum atomic E-state index is 13.8. The third kappa shape index (κ3) is 5.07. The van der Waals surface area contributed by atoms with Gasteiger partial charge in [0.05, 0.1) is 11.2 Å². The van der Waals surface area contributed by atoms with E-state index in [9.17, 15) is 18.3 Å². The van der Waals surface area contributed by atoms with Gasteiger partial charge >= 0.3 is 6.18 Å². The molecule has 0 amide bonds. The Morgan fingerprint density at radius 3 is 2.34 bits per heavy atom. The highest BCUT2D eigenvalue weighted by Gasteiger charge is 2.41. The summed E-state index contributed by atoms with van der Waals surface area (Å²) in [6, 6.07) is 9.81. The number of halogens is 4. The summed E-state index contributed by atoms with van der Waals surface area (Å²) in [5, 5.41) is 17.9. The molecule has 0 aliphatic carbocycles.